The maximum absolute atomic E-state index is 13.2. The summed E-state index contributed by atoms with van der Waals surface area (Å²) >= 11 is 0. The van der Waals surface area contributed by atoms with Crippen molar-refractivity contribution in [1.29, 1.82) is 0 Å². The van der Waals surface area contributed by atoms with Crippen molar-refractivity contribution in [2.24, 2.45) is 0 Å². The van der Waals surface area contributed by atoms with E-state index in [1.54, 1.807) is 0 Å². The molecule has 0 aliphatic carbocycles. The number of aromatic amines is 1. The lowest BCUT2D eigenvalue weighted by Crippen LogP contribution is -2.37. The van der Waals surface area contributed by atoms with Crippen molar-refractivity contribution < 1.29 is 4.79 Å². The molecule has 0 spiro atoms. The molecule has 1 atom stereocenters. The van der Waals surface area contributed by atoms with Crippen LogP contribution in [0.15, 0.2) is 66.9 Å². The molecule has 0 bridgehead atoms. The number of hydrogen-bond donors (Lipinski definition) is 3. The van der Waals surface area contributed by atoms with E-state index in [1.807, 2.05) is 80.7 Å². The van der Waals surface area contributed by atoms with Crippen LogP contribution in [-0.4, -0.2) is 26.9 Å². The minimum Gasteiger partial charge on any atom is -0.361 e. The highest BCUT2D eigenvalue weighted by atomic mass is 16.2. The van der Waals surface area contributed by atoms with Crippen molar-refractivity contribution in [3.63, 3.8) is 0 Å². The van der Waals surface area contributed by atoms with Crippen molar-refractivity contribution in [2.75, 3.05) is 10.6 Å². The standard InChI is InChI=1S/C23H23N5O/c1-15-13-16(2)26-23(25-15)28-21(14-17-7-4-3-5-8-17)22(29)27-20-10-6-9-19-18(20)11-12-24-19/h3-13,21,24H,14H2,1-2H3,(H,27,29)(H,25,26,28). The Kier molecular flexibility index (Phi) is 5.24. The van der Waals surface area contributed by atoms with Crippen LogP contribution in [0.1, 0.15) is 17.0 Å². The smallest absolute Gasteiger partial charge is 0.247 e. The summed E-state index contributed by atoms with van der Waals surface area (Å²) in [6, 6.07) is 19.1. The van der Waals surface area contributed by atoms with Gasteiger partial charge >= 0.3 is 0 Å². The number of nitrogens with zero attached hydrogens (tertiary/aromatic N) is 2. The van der Waals surface area contributed by atoms with E-state index in [4.69, 9.17) is 0 Å². The van der Waals surface area contributed by atoms with Crippen molar-refractivity contribution in [3.05, 3.63) is 83.8 Å². The molecule has 2 aromatic carbocycles. The highest BCUT2D eigenvalue weighted by molar-refractivity contribution is 6.03. The fourth-order valence-corrected chi connectivity index (χ4v) is 3.42. The molecular weight excluding hydrogens is 362 g/mol. The summed E-state index contributed by atoms with van der Waals surface area (Å²) in [6.07, 6.45) is 2.38. The van der Waals surface area contributed by atoms with Crippen LogP contribution in [0.3, 0.4) is 0 Å². The fourth-order valence-electron chi connectivity index (χ4n) is 3.42. The third-order valence-corrected chi connectivity index (χ3v) is 4.74. The average molecular weight is 385 g/mol. The van der Waals surface area contributed by atoms with Gasteiger partial charge < -0.3 is 15.6 Å². The lowest BCUT2D eigenvalue weighted by molar-refractivity contribution is -0.116. The van der Waals surface area contributed by atoms with E-state index in [0.717, 1.165) is 33.5 Å². The van der Waals surface area contributed by atoms with Gasteiger partial charge in [0.15, 0.2) is 0 Å². The van der Waals surface area contributed by atoms with Crippen LogP contribution >= 0.6 is 0 Å². The van der Waals surface area contributed by atoms with Gasteiger partial charge in [0, 0.05) is 34.9 Å². The van der Waals surface area contributed by atoms with Crippen LogP contribution in [-0.2, 0) is 11.2 Å². The van der Waals surface area contributed by atoms with Gasteiger partial charge in [-0.15, -0.1) is 0 Å². The molecule has 0 fully saturated rings. The zero-order chi connectivity index (χ0) is 20.2. The quantitative estimate of drug-likeness (QED) is 0.464. The first-order chi connectivity index (χ1) is 14.1. The van der Waals surface area contributed by atoms with Gasteiger partial charge in [0.1, 0.15) is 6.04 Å². The number of hydrogen-bond acceptors (Lipinski definition) is 4. The molecule has 0 saturated heterocycles. The number of amides is 1. The Morgan fingerprint density at radius 2 is 1.76 bits per heavy atom. The van der Waals surface area contributed by atoms with E-state index in [1.165, 1.54) is 0 Å². The molecule has 2 aromatic heterocycles. The van der Waals surface area contributed by atoms with Gasteiger partial charge in [0.25, 0.3) is 0 Å². The van der Waals surface area contributed by atoms with Crippen LogP contribution in [0.2, 0.25) is 0 Å². The Morgan fingerprint density at radius 3 is 2.52 bits per heavy atom. The van der Waals surface area contributed by atoms with Crippen LogP contribution in [0.5, 0.6) is 0 Å². The molecule has 0 aliphatic rings. The predicted molar refractivity (Wildman–Crippen MR) is 116 cm³/mol. The molecule has 6 heteroatoms. The van der Waals surface area contributed by atoms with Crippen molar-refractivity contribution in [2.45, 2.75) is 26.3 Å². The maximum atomic E-state index is 13.2. The summed E-state index contributed by atoms with van der Waals surface area (Å²) in [6.45, 7) is 3.83. The summed E-state index contributed by atoms with van der Waals surface area (Å²) in [5, 5.41) is 7.27. The first kappa shape index (κ1) is 18.7. The van der Waals surface area contributed by atoms with Gasteiger partial charge in [-0.1, -0.05) is 36.4 Å². The summed E-state index contributed by atoms with van der Waals surface area (Å²) < 4.78 is 0. The highest BCUT2D eigenvalue weighted by Gasteiger charge is 2.21. The molecule has 29 heavy (non-hydrogen) atoms. The van der Waals surface area contributed by atoms with E-state index >= 15 is 0 Å². The summed E-state index contributed by atoms with van der Waals surface area (Å²) in [5.74, 6) is 0.323. The molecule has 1 unspecified atom stereocenters. The lowest BCUT2D eigenvalue weighted by atomic mass is 10.0. The Hall–Kier alpha value is -3.67. The van der Waals surface area contributed by atoms with Crippen LogP contribution in [0, 0.1) is 13.8 Å². The normalized spacial score (nSPS) is 11.9. The average Bonchev–Trinajstić information content (AvgIpc) is 3.17. The first-order valence-electron chi connectivity index (χ1n) is 9.58. The molecule has 6 nitrogen and oxygen atoms in total. The summed E-state index contributed by atoms with van der Waals surface area (Å²) in [7, 11) is 0. The third kappa shape index (κ3) is 4.43. The molecule has 0 radical (unpaired) electrons. The summed E-state index contributed by atoms with van der Waals surface area (Å²) in [4.78, 5) is 25.3. The number of rotatable bonds is 6. The molecule has 0 saturated carbocycles. The number of nitrogens with one attached hydrogen (secondary N) is 3. The minimum absolute atomic E-state index is 0.134. The number of anilines is 2. The van der Waals surface area contributed by atoms with E-state index in [0.29, 0.717) is 12.4 Å². The number of benzene rings is 2. The minimum atomic E-state index is -0.521. The zero-order valence-electron chi connectivity index (χ0n) is 16.4. The predicted octanol–water partition coefficient (Wildman–Crippen LogP) is 4.24. The van der Waals surface area contributed by atoms with Crippen LogP contribution in [0.25, 0.3) is 10.9 Å². The molecular formula is C23H23N5O. The largest absolute Gasteiger partial charge is 0.361 e. The van der Waals surface area contributed by atoms with Crippen molar-refractivity contribution in [1.82, 2.24) is 15.0 Å². The zero-order valence-corrected chi connectivity index (χ0v) is 16.4. The second-order valence-corrected chi connectivity index (χ2v) is 7.09. The second kappa shape index (κ2) is 8.14. The van der Waals surface area contributed by atoms with Gasteiger partial charge in [0.2, 0.25) is 11.9 Å². The summed E-state index contributed by atoms with van der Waals surface area (Å²) in [5.41, 5.74) is 4.53. The Bertz CT molecular complexity index is 1120. The van der Waals surface area contributed by atoms with Crippen molar-refractivity contribution in [3.8, 4) is 0 Å². The monoisotopic (exact) mass is 385 g/mol. The van der Waals surface area contributed by atoms with Crippen LogP contribution < -0.4 is 10.6 Å². The van der Waals surface area contributed by atoms with E-state index in [9.17, 15) is 4.79 Å². The SMILES string of the molecule is Cc1cc(C)nc(NC(Cc2ccccc2)C(=O)Nc2cccc3[nH]ccc23)n1. The molecule has 4 aromatic rings. The second-order valence-electron chi connectivity index (χ2n) is 7.09. The number of carbonyl (C=O) groups is 1. The van der Waals surface area contributed by atoms with Gasteiger partial charge in [-0.2, -0.15) is 0 Å². The topological polar surface area (TPSA) is 82.7 Å². The van der Waals surface area contributed by atoms with E-state index in [2.05, 4.69) is 25.6 Å². The van der Waals surface area contributed by atoms with Gasteiger partial charge in [-0.25, -0.2) is 9.97 Å². The third-order valence-electron chi connectivity index (χ3n) is 4.74. The fraction of sp³-hybridized carbons (Fsp3) is 0.174. The molecule has 0 aliphatic heterocycles. The maximum Gasteiger partial charge on any atom is 0.247 e. The first-order valence-corrected chi connectivity index (χ1v) is 9.58. The van der Waals surface area contributed by atoms with Crippen molar-refractivity contribution >= 4 is 28.4 Å². The molecule has 146 valence electrons. The van der Waals surface area contributed by atoms with Gasteiger partial charge in [-0.05, 0) is 43.7 Å². The Balaban J connectivity index is 1.61. The van der Waals surface area contributed by atoms with Crippen LogP contribution in [0.4, 0.5) is 11.6 Å². The lowest BCUT2D eigenvalue weighted by Gasteiger charge is -2.19. The molecule has 1 amide bonds. The number of fused-ring (bicyclic) bond motifs is 1. The number of aromatic nitrogens is 3. The highest BCUT2D eigenvalue weighted by Crippen LogP contribution is 2.23. The van der Waals surface area contributed by atoms with E-state index < -0.39 is 6.04 Å². The Morgan fingerprint density at radius 1 is 1.00 bits per heavy atom. The molecule has 3 N–H and O–H groups in total. The molecule has 2 heterocycles. The molecule has 4 rings (SSSR count). The Labute approximate surface area is 169 Å². The van der Waals surface area contributed by atoms with Gasteiger partial charge in [-0.3, -0.25) is 4.79 Å². The number of aryl methyl sites for hydroxylation is 2. The van der Waals surface area contributed by atoms with E-state index in [-0.39, 0.29) is 5.91 Å². The van der Waals surface area contributed by atoms with Gasteiger partial charge in [0.05, 0.1) is 5.69 Å². The number of carbonyl (C=O) groups excluding carboxylic acids is 1. The number of H-pyrrole nitrogens is 1.